The Morgan fingerprint density at radius 3 is 2.67 bits per heavy atom. The van der Waals surface area contributed by atoms with E-state index in [9.17, 15) is 0 Å². The molecule has 2 aliphatic rings. The van der Waals surface area contributed by atoms with E-state index in [4.69, 9.17) is 37.4 Å². The van der Waals surface area contributed by atoms with E-state index in [1.807, 2.05) is 29.0 Å². The number of halogens is 2. The minimum atomic E-state index is -1.05. The lowest BCUT2D eigenvalue weighted by atomic mass is 10.1. The minimum Gasteiger partial charge on any atom is -0.491 e. The Labute approximate surface area is 203 Å². The van der Waals surface area contributed by atoms with E-state index in [-0.39, 0.29) is 6.10 Å². The van der Waals surface area contributed by atoms with E-state index < -0.39 is 5.79 Å². The van der Waals surface area contributed by atoms with Crippen molar-refractivity contribution in [2.75, 3.05) is 44.3 Å². The summed E-state index contributed by atoms with van der Waals surface area (Å²) in [5.74, 6) is -0.253. The fourth-order valence-electron chi connectivity index (χ4n) is 4.24. The highest BCUT2D eigenvalue weighted by atomic mass is 35.5. The van der Waals surface area contributed by atoms with Crippen LogP contribution in [0.4, 0.5) is 5.69 Å². The monoisotopic (exact) mass is 488 g/mol. The molecule has 0 amide bonds. The van der Waals surface area contributed by atoms with Gasteiger partial charge in [-0.1, -0.05) is 29.3 Å². The third-order valence-corrected chi connectivity index (χ3v) is 6.45. The first-order valence-corrected chi connectivity index (χ1v) is 11.8. The van der Waals surface area contributed by atoms with Gasteiger partial charge in [0.05, 0.1) is 24.5 Å². The second-order valence-corrected chi connectivity index (χ2v) is 9.05. The van der Waals surface area contributed by atoms with Gasteiger partial charge < -0.3 is 29.0 Å². The van der Waals surface area contributed by atoms with Gasteiger partial charge in [-0.25, -0.2) is 4.98 Å². The molecule has 2 aliphatic heterocycles. The Kier molecular flexibility index (Phi) is 6.76. The van der Waals surface area contributed by atoms with Crippen LogP contribution in [0.15, 0.2) is 61.2 Å². The number of benzene rings is 2. The lowest BCUT2D eigenvalue weighted by Gasteiger charge is -2.30. The molecule has 1 aromatic heterocycles. The molecule has 9 heteroatoms. The number of aromatic nitrogens is 2. The van der Waals surface area contributed by atoms with Crippen molar-refractivity contribution < 1.29 is 14.2 Å². The minimum absolute atomic E-state index is 0.256. The van der Waals surface area contributed by atoms with Crippen LogP contribution in [0.3, 0.4) is 0 Å². The normalized spacial score (nSPS) is 23.1. The Morgan fingerprint density at radius 1 is 1.12 bits per heavy atom. The SMILES string of the molecule is Clc1ccc([C@@]2(Cn3ccnc3)OCC(COc3ccc(N4CCNCC4)cc3)O2)c(Cl)c1. The second kappa shape index (κ2) is 9.91. The maximum atomic E-state index is 6.53. The highest BCUT2D eigenvalue weighted by Gasteiger charge is 2.45. The topological polar surface area (TPSA) is 60.8 Å². The van der Waals surface area contributed by atoms with Gasteiger partial charge in [-0.05, 0) is 36.4 Å². The summed E-state index contributed by atoms with van der Waals surface area (Å²) in [5, 5.41) is 4.43. The number of nitrogens with zero attached hydrogens (tertiary/aromatic N) is 3. The first-order valence-electron chi connectivity index (χ1n) is 11.0. The molecule has 1 unspecified atom stereocenters. The van der Waals surface area contributed by atoms with E-state index in [0.717, 1.165) is 37.5 Å². The number of hydrogen-bond acceptors (Lipinski definition) is 6. The molecule has 7 nitrogen and oxygen atoms in total. The lowest BCUT2D eigenvalue weighted by Crippen LogP contribution is -2.43. The van der Waals surface area contributed by atoms with E-state index in [1.54, 1.807) is 24.7 Å². The van der Waals surface area contributed by atoms with Crippen LogP contribution in [-0.4, -0.2) is 55.0 Å². The summed E-state index contributed by atoms with van der Waals surface area (Å²) in [4.78, 5) is 6.50. The lowest BCUT2D eigenvalue weighted by molar-refractivity contribution is -0.189. The maximum absolute atomic E-state index is 6.53. The third kappa shape index (κ3) is 5.13. The molecule has 0 bridgehead atoms. The van der Waals surface area contributed by atoms with Gasteiger partial charge in [0, 0.05) is 54.8 Å². The van der Waals surface area contributed by atoms with E-state index >= 15 is 0 Å². The molecule has 2 atom stereocenters. The number of ether oxygens (including phenoxy) is 3. The zero-order valence-corrected chi connectivity index (χ0v) is 19.6. The van der Waals surface area contributed by atoms with Crippen molar-refractivity contribution >= 4 is 28.9 Å². The molecule has 2 aromatic carbocycles. The number of hydrogen-bond donors (Lipinski definition) is 1. The molecule has 33 heavy (non-hydrogen) atoms. The van der Waals surface area contributed by atoms with E-state index in [2.05, 4.69) is 27.3 Å². The van der Waals surface area contributed by atoms with Crippen LogP contribution in [0.25, 0.3) is 0 Å². The van der Waals surface area contributed by atoms with Crippen LogP contribution in [0.1, 0.15) is 5.56 Å². The molecule has 0 aliphatic carbocycles. The summed E-state index contributed by atoms with van der Waals surface area (Å²) in [6, 6.07) is 13.5. The molecular weight excluding hydrogens is 463 g/mol. The molecule has 0 radical (unpaired) electrons. The first-order chi connectivity index (χ1) is 16.1. The van der Waals surface area contributed by atoms with Gasteiger partial charge >= 0.3 is 0 Å². The summed E-state index contributed by atoms with van der Waals surface area (Å²) >= 11 is 12.6. The molecule has 1 N–H and O–H groups in total. The summed E-state index contributed by atoms with van der Waals surface area (Å²) < 4.78 is 20.6. The predicted molar refractivity (Wildman–Crippen MR) is 128 cm³/mol. The van der Waals surface area contributed by atoms with E-state index in [0.29, 0.717) is 29.8 Å². The van der Waals surface area contributed by atoms with Crippen LogP contribution in [-0.2, 0) is 21.8 Å². The van der Waals surface area contributed by atoms with Gasteiger partial charge in [-0.2, -0.15) is 0 Å². The van der Waals surface area contributed by atoms with Crippen LogP contribution < -0.4 is 15.0 Å². The van der Waals surface area contributed by atoms with Gasteiger partial charge in [0.15, 0.2) is 0 Å². The summed E-state index contributed by atoms with van der Waals surface area (Å²) in [6.45, 7) is 5.20. The number of imidazole rings is 1. The molecule has 0 saturated carbocycles. The van der Waals surface area contributed by atoms with Crippen LogP contribution in [0.2, 0.25) is 10.0 Å². The molecule has 3 aromatic rings. The van der Waals surface area contributed by atoms with Crippen molar-refractivity contribution in [3.05, 3.63) is 76.8 Å². The Morgan fingerprint density at radius 2 is 1.94 bits per heavy atom. The Hall–Kier alpha value is -2.29. The van der Waals surface area contributed by atoms with Crippen molar-refractivity contribution in [2.45, 2.75) is 18.4 Å². The number of anilines is 1. The highest BCUT2D eigenvalue weighted by Crippen LogP contribution is 2.40. The van der Waals surface area contributed by atoms with Gasteiger partial charge in [0.25, 0.3) is 0 Å². The summed E-state index contributed by atoms with van der Waals surface area (Å²) in [7, 11) is 0. The van der Waals surface area contributed by atoms with Gasteiger partial charge in [-0.15, -0.1) is 0 Å². The summed E-state index contributed by atoms with van der Waals surface area (Å²) in [5.41, 5.74) is 1.94. The quantitative estimate of drug-likeness (QED) is 0.543. The zero-order valence-electron chi connectivity index (χ0n) is 18.1. The average molecular weight is 489 g/mol. The van der Waals surface area contributed by atoms with Gasteiger partial charge in [0.1, 0.15) is 18.5 Å². The van der Waals surface area contributed by atoms with Gasteiger partial charge in [-0.3, -0.25) is 0 Å². The third-order valence-electron chi connectivity index (χ3n) is 5.91. The maximum Gasteiger partial charge on any atom is 0.215 e. The molecular formula is C24H26Cl2N4O3. The van der Waals surface area contributed by atoms with Crippen molar-refractivity contribution in [3.63, 3.8) is 0 Å². The van der Waals surface area contributed by atoms with Crippen LogP contribution in [0, 0.1) is 0 Å². The van der Waals surface area contributed by atoms with Crippen molar-refractivity contribution in [3.8, 4) is 5.75 Å². The van der Waals surface area contributed by atoms with Crippen LogP contribution >= 0.6 is 23.2 Å². The molecule has 174 valence electrons. The summed E-state index contributed by atoms with van der Waals surface area (Å²) in [6.07, 6.45) is 5.05. The fourth-order valence-corrected chi connectivity index (χ4v) is 4.79. The number of piperazine rings is 1. The van der Waals surface area contributed by atoms with Crippen molar-refractivity contribution in [1.29, 1.82) is 0 Å². The Balaban J connectivity index is 1.26. The average Bonchev–Trinajstić information content (AvgIpc) is 3.49. The predicted octanol–water partition coefficient (Wildman–Crippen LogP) is 3.95. The van der Waals surface area contributed by atoms with Crippen LogP contribution in [0.5, 0.6) is 5.75 Å². The van der Waals surface area contributed by atoms with Crippen molar-refractivity contribution in [2.24, 2.45) is 0 Å². The zero-order chi connectivity index (χ0) is 22.7. The molecule has 2 saturated heterocycles. The Bertz CT molecular complexity index is 1060. The fraction of sp³-hybridized carbons (Fsp3) is 0.375. The largest absolute Gasteiger partial charge is 0.491 e. The molecule has 2 fully saturated rings. The second-order valence-electron chi connectivity index (χ2n) is 8.20. The highest BCUT2D eigenvalue weighted by molar-refractivity contribution is 6.35. The van der Waals surface area contributed by atoms with Crippen molar-refractivity contribution in [1.82, 2.24) is 14.9 Å². The molecule has 0 spiro atoms. The standard InChI is InChI=1S/C24H26Cl2N4O3/c25-18-1-6-22(23(26)13-18)24(16-29-10-7-28-17-29)32-15-21(33-24)14-31-20-4-2-19(3-5-20)30-11-8-27-9-12-30/h1-7,10,13,17,21,27H,8-9,11-12,14-16H2/t21?,24-/m0/s1. The van der Waals surface area contributed by atoms with Gasteiger partial charge in [0.2, 0.25) is 5.79 Å². The smallest absolute Gasteiger partial charge is 0.215 e. The van der Waals surface area contributed by atoms with E-state index in [1.165, 1.54) is 5.69 Å². The number of rotatable bonds is 7. The number of nitrogens with one attached hydrogen (secondary N) is 1. The molecule has 3 heterocycles. The first kappa shape index (κ1) is 22.5. The molecule has 5 rings (SSSR count).